The first-order valence-corrected chi connectivity index (χ1v) is 12.6. The minimum Gasteiger partial charge on any atom is -0.369 e. The largest absolute Gasteiger partial charge is 0.369 e. The summed E-state index contributed by atoms with van der Waals surface area (Å²) in [7, 11) is 0. The van der Waals surface area contributed by atoms with Crippen LogP contribution >= 0.6 is 0 Å². The molecule has 0 aliphatic heterocycles. The van der Waals surface area contributed by atoms with Crippen LogP contribution in [0.5, 0.6) is 0 Å². The highest BCUT2D eigenvalue weighted by molar-refractivity contribution is 5.51. The lowest BCUT2D eigenvalue weighted by Gasteiger charge is -2.24. The molecule has 0 bridgehead atoms. The van der Waals surface area contributed by atoms with Crippen molar-refractivity contribution in [3.63, 3.8) is 0 Å². The molecule has 0 saturated carbocycles. The number of aliphatic hydroxyl groups is 2. The van der Waals surface area contributed by atoms with E-state index in [-0.39, 0.29) is 11.1 Å². The second-order valence-electron chi connectivity index (χ2n) is 9.19. The van der Waals surface area contributed by atoms with Crippen molar-refractivity contribution in [1.82, 2.24) is 0 Å². The third kappa shape index (κ3) is 5.41. The Morgan fingerprint density at radius 2 is 0.750 bits per heavy atom. The lowest BCUT2D eigenvalue weighted by atomic mass is 9.86. The molecule has 5 aromatic carbocycles. The zero-order chi connectivity index (χ0) is 28.0. The van der Waals surface area contributed by atoms with Gasteiger partial charge in [0, 0.05) is 33.4 Å². The lowest BCUT2D eigenvalue weighted by Crippen LogP contribution is -2.26. The molecule has 194 valence electrons. The van der Waals surface area contributed by atoms with E-state index in [1.165, 1.54) is 24.3 Å². The first-order chi connectivity index (χ1) is 19.4. The maximum absolute atomic E-state index is 14.7. The Hall–Kier alpha value is -5.00. The molecule has 40 heavy (non-hydrogen) atoms. The van der Waals surface area contributed by atoms with Crippen LogP contribution in [-0.4, -0.2) is 10.2 Å². The summed E-state index contributed by atoms with van der Waals surface area (Å²) >= 11 is 0. The van der Waals surface area contributed by atoms with E-state index in [2.05, 4.69) is 23.7 Å². The summed E-state index contributed by atoms with van der Waals surface area (Å²) in [5.41, 5.74) is -1.57. The summed E-state index contributed by atoms with van der Waals surface area (Å²) in [6.07, 6.45) is 0. The van der Waals surface area contributed by atoms with E-state index in [1.807, 2.05) is 12.1 Å². The molecule has 0 aromatic heterocycles. The molecule has 2 atom stereocenters. The second-order valence-corrected chi connectivity index (χ2v) is 9.19. The summed E-state index contributed by atoms with van der Waals surface area (Å²) in [5, 5.41) is 23.1. The van der Waals surface area contributed by atoms with Gasteiger partial charge in [0.25, 0.3) is 0 Å². The van der Waals surface area contributed by atoms with Crippen molar-refractivity contribution >= 4 is 0 Å². The average molecular weight is 527 g/mol. The first kappa shape index (κ1) is 26.6. The molecule has 4 heteroatoms. The van der Waals surface area contributed by atoms with Gasteiger partial charge in [0.1, 0.15) is 11.6 Å². The number of benzene rings is 5. The minimum absolute atomic E-state index is 0.0597. The molecule has 0 aliphatic rings. The molecular formula is C36H24F2O2. The fourth-order valence-electron chi connectivity index (χ4n) is 4.42. The Morgan fingerprint density at radius 1 is 0.425 bits per heavy atom. The van der Waals surface area contributed by atoms with Crippen LogP contribution in [0, 0.1) is 35.3 Å². The third-order valence-electron chi connectivity index (χ3n) is 6.57. The monoisotopic (exact) mass is 526 g/mol. The number of halogens is 2. The van der Waals surface area contributed by atoms with Gasteiger partial charge in [-0.1, -0.05) is 121 Å². The smallest absolute Gasteiger partial charge is 0.180 e. The van der Waals surface area contributed by atoms with Crippen molar-refractivity contribution in [3.05, 3.63) is 178 Å². The van der Waals surface area contributed by atoms with E-state index in [1.54, 1.807) is 97.1 Å². The van der Waals surface area contributed by atoms with Gasteiger partial charge >= 0.3 is 0 Å². The number of hydrogen-bond acceptors (Lipinski definition) is 2. The molecule has 2 N–H and O–H groups in total. The molecule has 5 rings (SSSR count). The molecule has 0 radical (unpaired) electrons. The maximum atomic E-state index is 14.7. The summed E-state index contributed by atoms with van der Waals surface area (Å²) in [4.78, 5) is 0. The maximum Gasteiger partial charge on any atom is 0.180 e. The second kappa shape index (κ2) is 11.4. The van der Waals surface area contributed by atoms with Crippen LogP contribution in [0.1, 0.15) is 33.4 Å². The molecule has 2 nitrogen and oxygen atoms in total. The average Bonchev–Trinajstić information content (AvgIpc) is 3.00. The zero-order valence-corrected chi connectivity index (χ0v) is 21.4. The summed E-state index contributed by atoms with van der Waals surface area (Å²) in [6, 6.07) is 36.3. The van der Waals surface area contributed by atoms with E-state index in [0.717, 1.165) is 0 Å². The van der Waals surface area contributed by atoms with Crippen LogP contribution in [0.4, 0.5) is 8.78 Å². The van der Waals surface area contributed by atoms with Crippen LogP contribution < -0.4 is 0 Å². The summed E-state index contributed by atoms with van der Waals surface area (Å²) in [6.45, 7) is 0. The minimum atomic E-state index is -1.86. The standard InChI is InChI=1S/C36H24F2O2/c37-33-17-9-7-15-31(33)35(39,29-11-3-1-4-12-29)25-23-27-19-21-28(22-20-27)24-26-36(40,30-13-5-2-6-14-30)32-16-8-10-18-34(32)38/h1-22,39-40H. The Morgan fingerprint density at radius 3 is 1.10 bits per heavy atom. The van der Waals surface area contributed by atoms with E-state index in [4.69, 9.17) is 0 Å². The van der Waals surface area contributed by atoms with Crippen LogP contribution in [0.3, 0.4) is 0 Å². The van der Waals surface area contributed by atoms with Gasteiger partial charge in [0.2, 0.25) is 0 Å². The fraction of sp³-hybridized carbons (Fsp3) is 0.0556. The van der Waals surface area contributed by atoms with Crippen molar-refractivity contribution in [3.8, 4) is 23.7 Å². The Balaban J connectivity index is 1.49. The summed E-state index contributed by atoms with van der Waals surface area (Å²) in [5.74, 6) is 10.5. The molecule has 0 spiro atoms. The highest BCUT2D eigenvalue weighted by Gasteiger charge is 2.33. The highest BCUT2D eigenvalue weighted by Crippen LogP contribution is 2.32. The van der Waals surface area contributed by atoms with E-state index < -0.39 is 22.8 Å². The molecule has 0 amide bonds. The van der Waals surface area contributed by atoms with Crippen molar-refractivity contribution < 1.29 is 19.0 Å². The van der Waals surface area contributed by atoms with Gasteiger partial charge < -0.3 is 10.2 Å². The number of rotatable bonds is 4. The van der Waals surface area contributed by atoms with Gasteiger partial charge in [-0.2, -0.15) is 0 Å². The Bertz CT molecular complexity index is 1610. The van der Waals surface area contributed by atoms with Crippen molar-refractivity contribution in [2.24, 2.45) is 0 Å². The third-order valence-corrected chi connectivity index (χ3v) is 6.57. The summed E-state index contributed by atoms with van der Waals surface area (Å²) < 4.78 is 29.4. The number of hydrogen-bond donors (Lipinski definition) is 2. The molecule has 0 saturated heterocycles. The SMILES string of the molecule is OC(C#Cc1ccc(C#CC(O)(c2ccccc2)c2ccccc2F)cc1)(c1ccccc1)c1ccccc1F. The lowest BCUT2D eigenvalue weighted by molar-refractivity contribution is 0.140. The van der Waals surface area contributed by atoms with Gasteiger partial charge in [0.15, 0.2) is 11.2 Å². The van der Waals surface area contributed by atoms with Crippen molar-refractivity contribution in [1.29, 1.82) is 0 Å². The van der Waals surface area contributed by atoms with E-state index in [9.17, 15) is 19.0 Å². The van der Waals surface area contributed by atoms with Gasteiger partial charge in [0.05, 0.1) is 0 Å². The first-order valence-electron chi connectivity index (χ1n) is 12.6. The molecular weight excluding hydrogens is 502 g/mol. The zero-order valence-electron chi connectivity index (χ0n) is 21.4. The fourth-order valence-corrected chi connectivity index (χ4v) is 4.42. The van der Waals surface area contributed by atoms with Crippen LogP contribution in [-0.2, 0) is 11.2 Å². The van der Waals surface area contributed by atoms with E-state index >= 15 is 0 Å². The molecule has 0 aliphatic carbocycles. The normalized spacial score (nSPS) is 13.5. The van der Waals surface area contributed by atoms with Crippen LogP contribution in [0.2, 0.25) is 0 Å². The van der Waals surface area contributed by atoms with Gasteiger partial charge in [-0.3, -0.25) is 0 Å². The molecule has 5 aromatic rings. The molecule has 2 unspecified atom stereocenters. The predicted molar refractivity (Wildman–Crippen MR) is 152 cm³/mol. The Kier molecular flexibility index (Phi) is 7.58. The quantitative estimate of drug-likeness (QED) is 0.261. The van der Waals surface area contributed by atoms with Gasteiger partial charge in [-0.15, -0.1) is 0 Å². The van der Waals surface area contributed by atoms with Crippen molar-refractivity contribution in [2.45, 2.75) is 11.2 Å². The van der Waals surface area contributed by atoms with Crippen LogP contribution in [0.25, 0.3) is 0 Å². The highest BCUT2D eigenvalue weighted by atomic mass is 19.1. The topological polar surface area (TPSA) is 40.5 Å². The van der Waals surface area contributed by atoms with Crippen molar-refractivity contribution in [2.75, 3.05) is 0 Å². The Labute approximate surface area is 232 Å². The van der Waals surface area contributed by atoms with Gasteiger partial charge in [-0.25, -0.2) is 8.78 Å². The van der Waals surface area contributed by atoms with Crippen LogP contribution in [0.15, 0.2) is 133 Å². The van der Waals surface area contributed by atoms with E-state index in [0.29, 0.717) is 22.3 Å². The molecule has 0 heterocycles. The van der Waals surface area contributed by atoms with Gasteiger partial charge in [-0.05, 0) is 36.4 Å². The molecule has 0 fully saturated rings. The predicted octanol–water partition coefficient (Wildman–Crippen LogP) is 6.54.